The van der Waals surface area contributed by atoms with Crippen molar-refractivity contribution in [3.63, 3.8) is 0 Å². The lowest BCUT2D eigenvalue weighted by Crippen LogP contribution is -2.31. The van der Waals surface area contributed by atoms with Crippen LogP contribution in [0, 0.1) is 0 Å². The average Bonchev–Trinajstić information content (AvgIpc) is 2.81. The molecule has 1 aromatic carbocycles. The lowest BCUT2D eigenvalue weighted by molar-refractivity contribution is -0.137. The highest BCUT2D eigenvalue weighted by molar-refractivity contribution is 5.76. The van der Waals surface area contributed by atoms with Gasteiger partial charge in [0.2, 0.25) is 0 Å². The molecule has 1 saturated heterocycles. The van der Waals surface area contributed by atoms with Gasteiger partial charge in [0.05, 0.1) is 22.9 Å². The van der Waals surface area contributed by atoms with E-state index in [0.717, 1.165) is 43.6 Å². The zero-order chi connectivity index (χ0) is 14.3. The van der Waals surface area contributed by atoms with Gasteiger partial charge in [-0.05, 0) is 51.2 Å². The number of fused-ring (bicyclic) bond motifs is 1. The Morgan fingerprint density at radius 1 is 1.20 bits per heavy atom. The Bertz CT molecular complexity index is 610. The average molecular weight is 283 g/mol. The second kappa shape index (κ2) is 4.77. The molecule has 0 aliphatic carbocycles. The van der Waals surface area contributed by atoms with Crippen molar-refractivity contribution in [2.75, 3.05) is 20.1 Å². The summed E-state index contributed by atoms with van der Waals surface area (Å²) in [4.78, 5) is 6.40. The first-order chi connectivity index (χ1) is 9.45. The van der Waals surface area contributed by atoms with Crippen LogP contribution in [-0.2, 0) is 6.18 Å². The van der Waals surface area contributed by atoms with Crippen LogP contribution in [0.4, 0.5) is 13.2 Å². The monoisotopic (exact) mass is 283 g/mol. The summed E-state index contributed by atoms with van der Waals surface area (Å²) in [7, 11) is 2.08. The zero-order valence-electron chi connectivity index (χ0n) is 11.2. The molecule has 3 rings (SSSR count). The van der Waals surface area contributed by atoms with Crippen molar-refractivity contribution < 1.29 is 13.2 Å². The number of aromatic nitrogens is 2. The van der Waals surface area contributed by atoms with Crippen LogP contribution >= 0.6 is 0 Å². The minimum atomic E-state index is -4.31. The lowest BCUT2D eigenvalue weighted by atomic mass is 10.1. The maximum Gasteiger partial charge on any atom is 0.416 e. The molecule has 3 nitrogen and oxygen atoms in total. The van der Waals surface area contributed by atoms with Crippen LogP contribution in [0.5, 0.6) is 0 Å². The fourth-order valence-corrected chi connectivity index (χ4v) is 2.77. The fraction of sp³-hybridized carbons (Fsp3) is 0.500. The Balaban J connectivity index is 1.94. The van der Waals surface area contributed by atoms with Gasteiger partial charge in [-0.15, -0.1) is 0 Å². The molecule has 6 heteroatoms. The lowest BCUT2D eigenvalue weighted by Gasteiger charge is -2.30. The minimum absolute atomic E-state index is 0.327. The van der Waals surface area contributed by atoms with E-state index in [1.165, 1.54) is 6.07 Å². The van der Waals surface area contributed by atoms with Gasteiger partial charge in [0, 0.05) is 6.04 Å². The number of rotatable bonds is 1. The summed E-state index contributed by atoms with van der Waals surface area (Å²) in [6.07, 6.45) is -0.641. The fourth-order valence-electron chi connectivity index (χ4n) is 2.77. The topological polar surface area (TPSA) is 21.1 Å². The van der Waals surface area contributed by atoms with Crippen molar-refractivity contribution in [1.29, 1.82) is 0 Å². The van der Waals surface area contributed by atoms with Gasteiger partial charge >= 0.3 is 6.18 Å². The second-order valence-corrected chi connectivity index (χ2v) is 5.39. The predicted octanol–water partition coefficient (Wildman–Crippen LogP) is 3.32. The van der Waals surface area contributed by atoms with Gasteiger partial charge < -0.3 is 9.47 Å². The number of halogens is 3. The third-order valence-electron chi connectivity index (χ3n) is 3.98. The summed E-state index contributed by atoms with van der Waals surface area (Å²) in [5, 5.41) is 0. The molecule has 0 atom stereocenters. The van der Waals surface area contributed by atoms with Crippen LogP contribution in [0.25, 0.3) is 11.0 Å². The van der Waals surface area contributed by atoms with Gasteiger partial charge in [-0.2, -0.15) is 13.2 Å². The number of hydrogen-bond acceptors (Lipinski definition) is 2. The molecule has 2 heterocycles. The Morgan fingerprint density at radius 3 is 2.55 bits per heavy atom. The van der Waals surface area contributed by atoms with Crippen LogP contribution < -0.4 is 0 Å². The number of nitrogens with zero attached hydrogens (tertiary/aromatic N) is 3. The Labute approximate surface area is 115 Å². The first-order valence-corrected chi connectivity index (χ1v) is 6.67. The van der Waals surface area contributed by atoms with E-state index < -0.39 is 11.7 Å². The Morgan fingerprint density at radius 2 is 1.90 bits per heavy atom. The SMILES string of the molecule is CN1CCC(n2cnc3cc(C(F)(F)F)ccc32)CC1. The van der Waals surface area contributed by atoms with E-state index in [9.17, 15) is 13.2 Å². The Kier molecular flexibility index (Phi) is 3.20. The van der Waals surface area contributed by atoms with Crippen molar-refractivity contribution in [3.05, 3.63) is 30.1 Å². The number of benzene rings is 1. The van der Waals surface area contributed by atoms with Crippen LogP contribution in [0.2, 0.25) is 0 Å². The van der Waals surface area contributed by atoms with Gasteiger partial charge in [-0.3, -0.25) is 0 Å². The van der Waals surface area contributed by atoms with Gasteiger partial charge in [-0.25, -0.2) is 4.98 Å². The minimum Gasteiger partial charge on any atom is -0.327 e. The van der Waals surface area contributed by atoms with Crippen LogP contribution in [0.1, 0.15) is 24.4 Å². The molecular weight excluding hydrogens is 267 g/mol. The van der Waals surface area contributed by atoms with E-state index in [4.69, 9.17) is 0 Å². The molecule has 1 aliphatic heterocycles. The van der Waals surface area contributed by atoms with Crippen molar-refractivity contribution in [2.24, 2.45) is 0 Å². The highest BCUT2D eigenvalue weighted by atomic mass is 19.4. The molecule has 0 amide bonds. The van der Waals surface area contributed by atoms with Crippen LogP contribution in [0.3, 0.4) is 0 Å². The van der Waals surface area contributed by atoms with Crippen molar-refractivity contribution in [1.82, 2.24) is 14.5 Å². The zero-order valence-corrected chi connectivity index (χ0v) is 11.2. The van der Waals surface area contributed by atoms with Crippen molar-refractivity contribution in [2.45, 2.75) is 25.1 Å². The van der Waals surface area contributed by atoms with Crippen LogP contribution in [0.15, 0.2) is 24.5 Å². The molecular formula is C14H16F3N3. The van der Waals surface area contributed by atoms with E-state index in [1.54, 1.807) is 6.33 Å². The number of likely N-dealkylation sites (tertiary alicyclic amines) is 1. The van der Waals surface area contributed by atoms with E-state index in [-0.39, 0.29) is 0 Å². The summed E-state index contributed by atoms with van der Waals surface area (Å²) in [5.41, 5.74) is 0.560. The highest BCUT2D eigenvalue weighted by Crippen LogP contribution is 2.32. The first kappa shape index (κ1) is 13.4. The van der Waals surface area contributed by atoms with Crippen LogP contribution in [-0.4, -0.2) is 34.6 Å². The predicted molar refractivity (Wildman–Crippen MR) is 70.5 cm³/mol. The molecule has 2 aromatic rings. The van der Waals surface area contributed by atoms with Gasteiger partial charge in [0.25, 0.3) is 0 Å². The Hall–Kier alpha value is -1.56. The second-order valence-electron chi connectivity index (χ2n) is 5.39. The summed E-state index contributed by atoms with van der Waals surface area (Å²) in [5.74, 6) is 0. The van der Waals surface area contributed by atoms with E-state index in [0.29, 0.717) is 11.6 Å². The quantitative estimate of drug-likeness (QED) is 0.800. The number of imidazole rings is 1. The van der Waals surface area contributed by atoms with Gasteiger partial charge in [-0.1, -0.05) is 0 Å². The number of piperidine rings is 1. The van der Waals surface area contributed by atoms with Crippen molar-refractivity contribution >= 4 is 11.0 Å². The maximum atomic E-state index is 12.7. The molecule has 0 unspecified atom stereocenters. The maximum absolute atomic E-state index is 12.7. The summed E-state index contributed by atoms with van der Waals surface area (Å²) >= 11 is 0. The molecule has 1 fully saturated rings. The molecule has 1 aromatic heterocycles. The van der Waals surface area contributed by atoms with Gasteiger partial charge in [0.15, 0.2) is 0 Å². The molecule has 0 bridgehead atoms. The van der Waals surface area contributed by atoms with E-state index in [2.05, 4.69) is 16.9 Å². The molecule has 0 N–H and O–H groups in total. The normalized spacial score (nSPS) is 18.8. The smallest absolute Gasteiger partial charge is 0.327 e. The van der Waals surface area contributed by atoms with Gasteiger partial charge in [0.1, 0.15) is 0 Å². The van der Waals surface area contributed by atoms with E-state index >= 15 is 0 Å². The molecule has 20 heavy (non-hydrogen) atoms. The third kappa shape index (κ3) is 2.40. The summed E-state index contributed by atoms with van der Waals surface area (Å²) in [6.45, 7) is 2.01. The number of hydrogen-bond donors (Lipinski definition) is 0. The summed E-state index contributed by atoms with van der Waals surface area (Å²) < 4.78 is 40.1. The van der Waals surface area contributed by atoms with Crippen molar-refractivity contribution in [3.8, 4) is 0 Å². The standard InChI is InChI=1S/C14H16F3N3/c1-19-6-4-11(5-7-19)20-9-18-12-8-10(14(15,16)17)2-3-13(12)20/h2-3,8-9,11H,4-7H2,1H3. The molecule has 0 radical (unpaired) electrons. The number of alkyl halides is 3. The molecule has 0 saturated carbocycles. The first-order valence-electron chi connectivity index (χ1n) is 6.67. The largest absolute Gasteiger partial charge is 0.416 e. The third-order valence-corrected chi connectivity index (χ3v) is 3.98. The molecule has 108 valence electrons. The highest BCUT2D eigenvalue weighted by Gasteiger charge is 2.31. The molecule has 0 spiro atoms. The molecule has 1 aliphatic rings. The summed E-state index contributed by atoms with van der Waals surface area (Å²) in [6, 6.07) is 4.12. The van der Waals surface area contributed by atoms with E-state index in [1.807, 2.05) is 4.57 Å².